The van der Waals surface area contributed by atoms with Crippen molar-refractivity contribution in [2.24, 2.45) is 0 Å². The highest BCUT2D eigenvalue weighted by Gasteiger charge is 2.11. The molecule has 0 radical (unpaired) electrons. The Morgan fingerprint density at radius 1 is 0.900 bits per heavy atom. The van der Waals surface area contributed by atoms with E-state index >= 15 is 0 Å². The van der Waals surface area contributed by atoms with Crippen LogP contribution in [-0.2, 0) is 0 Å². The third kappa shape index (κ3) is 2.08. The zero-order valence-corrected chi connectivity index (χ0v) is 11.2. The van der Waals surface area contributed by atoms with Gasteiger partial charge >= 0.3 is 0 Å². The first-order valence-corrected chi connectivity index (χ1v) is 6.51. The average Bonchev–Trinajstić information content (AvgIpc) is 2.48. The Bertz CT molecular complexity index is 811. The van der Waals surface area contributed by atoms with Crippen LogP contribution in [-0.4, -0.2) is 6.29 Å². The number of carbonyl (C=O) groups is 1. The summed E-state index contributed by atoms with van der Waals surface area (Å²) < 4.78 is 13.5. The maximum absolute atomic E-state index is 13.5. The largest absolute Gasteiger partial charge is 0.298 e. The first-order valence-electron chi connectivity index (χ1n) is 6.13. The first-order chi connectivity index (χ1) is 9.70. The van der Waals surface area contributed by atoms with Crippen LogP contribution in [0.1, 0.15) is 10.4 Å². The van der Waals surface area contributed by atoms with Gasteiger partial charge < -0.3 is 0 Å². The minimum atomic E-state index is -0.371. The van der Waals surface area contributed by atoms with Crippen LogP contribution in [0.25, 0.3) is 21.9 Å². The summed E-state index contributed by atoms with van der Waals surface area (Å²) in [7, 11) is 0. The summed E-state index contributed by atoms with van der Waals surface area (Å²) in [6.07, 6.45) is 0.734. The summed E-state index contributed by atoms with van der Waals surface area (Å²) >= 11 is 6.18. The topological polar surface area (TPSA) is 17.1 Å². The number of fused-ring (bicyclic) bond motifs is 1. The zero-order chi connectivity index (χ0) is 14.1. The van der Waals surface area contributed by atoms with E-state index in [2.05, 4.69) is 0 Å². The molecule has 3 heteroatoms. The van der Waals surface area contributed by atoms with Gasteiger partial charge in [-0.05, 0) is 40.8 Å². The molecule has 20 heavy (non-hydrogen) atoms. The Morgan fingerprint density at radius 3 is 2.40 bits per heavy atom. The van der Waals surface area contributed by atoms with Gasteiger partial charge in [-0.25, -0.2) is 4.39 Å². The van der Waals surface area contributed by atoms with Gasteiger partial charge in [-0.1, -0.05) is 41.9 Å². The molecule has 0 saturated heterocycles. The van der Waals surface area contributed by atoms with Crippen molar-refractivity contribution in [2.45, 2.75) is 0 Å². The van der Waals surface area contributed by atoms with E-state index in [1.807, 2.05) is 30.3 Å². The van der Waals surface area contributed by atoms with E-state index in [4.69, 9.17) is 11.6 Å². The lowest BCUT2D eigenvalue weighted by Crippen LogP contribution is -1.90. The average molecular weight is 285 g/mol. The number of carbonyl (C=O) groups excluding carboxylic acids is 1. The summed E-state index contributed by atoms with van der Waals surface area (Å²) in [5, 5.41) is 2.41. The van der Waals surface area contributed by atoms with E-state index in [-0.39, 0.29) is 5.82 Å². The van der Waals surface area contributed by atoms with Crippen LogP contribution < -0.4 is 0 Å². The van der Waals surface area contributed by atoms with Gasteiger partial charge in [0.2, 0.25) is 0 Å². The first kappa shape index (κ1) is 12.8. The molecule has 98 valence electrons. The van der Waals surface area contributed by atoms with Crippen molar-refractivity contribution in [2.75, 3.05) is 0 Å². The lowest BCUT2D eigenvalue weighted by atomic mass is 9.95. The van der Waals surface area contributed by atoms with Crippen molar-refractivity contribution in [1.29, 1.82) is 0 Å². The fraction of sp³-hybridized carbons (Fsp3) is 0. The highest BCUT2D eigenvalue weighted by atomic mass is 35.5. The quantitative estimate of drug-likeness (QED) is 0.598. The van der Waals surface area contributed by atoms with Gasteiger partial charge in [-0.2, -0.15) is 0 Å². The van der Waals surface area contributed by atoms with E-state index in [0.717, 1.165) is 22.6 Å². The maximum Gasteiger partial charge on any atom is 0.150 e. The number of halogens is 2. The Hall–Kier alpha value is -2.19. The molecule has 0 amide bonds. The molecule has 0 aliphatic carbocycles. The molecular weight excluding hydrogens is 275 g/mol. The molecule has 0 spiro atoms. The molecule has 3 rings (SSSR count). The van der Waals surface area contributed by atoms with Crippen molar-refractivity contribution in [1.82, 2.24) is 0 Å². The van der Waals surface area contributed by atoms with E-state index in [1.165, 1.54) is 18.2 Å². The van der Waals surface area contributed by atoms with Crippen LogP contribution in [0.3, 0.4) is 0 Å². The monoisotopic (exact) mass is 284 g/mol. The minimum absolute atomic E-state index is 0.371. The normalized spacial score (nSPS) is 10.7. The van der Waals surface area contributed by atoms with Crippen LogP contribution in [0.15, 0.2) is 54.6 Å². The predicted molar refractivity (Wildman–Crippen MR) is 79.7 cm³/mol. The number of hydrogen-bond donors (Lipinski definition) is 0. The van der Waals surface area contributed by atoms with Crippen molar-refractivity contribution in [3.8, 4) is 11.1 Å². The summed E-state index contributed by atoms with van der Waals surface area (Å²) in [6, 6.07) is 15.3. The Balaban J connectivity index is 2.38. The summed E-state index contributed by atoms with van der Waals surface area (Å²) in [5.74, 6) is -0.371. The molecule has 0 aromatic heterocycles. The van der Waals surface area contributed by atoms with Crippen molar-refractivity contribution in [3.63, 3.8) is 0 Å². The summed E-state index contributed by atoms with van der Waals surface area (Å²) in [5.41, 5.74) is 1.83. The molecule has 0 unspecified atom stereocenters. The summed E-state index contributed by atoms with van der Waals surface area (Å²) in [6.45, 7) is 0. The van der Waals surface area contributed by atoms with Crippen LogP contribution in [0.2, 0.25) is 5.02 Å². The second kappa shape index (κ2) is 5.06. The zero-order valence-electron chi connectivity index (χ0n) is 10.4. The second-order valence-corrected chi connectivity index (χ2v) is 4.90. The number of aldehydes is 1. The smallest absolute Gasteiger partial charge is 0.150 e. The Morgan fingerprint density at radius 2 is 1.65 bits per heavy atom. The van der Waals surface area contributed by atoms with E-state index < -0.39 is 0 Å². The molecule has 0 aliphatic heterocycles. The Labute approximate surface area is 120 Å². The molecule has 0 heterocycles. The van der Waals surface area contributed by atoms with E-state index in [9.17, 15) is 9.18 Å². The lowest BCUT2D eigenvalue weighted by molar-refractivity contribution is 0.112. The van der Waals surface area contributed by atoms with Crippen molar-refractivity contribution in [3.05, 3.63) is 71.0 Å². The molecule has 0 bridgehead atoms. The fourth-order valence-corrected chi connectivity index (χ4v) is 2.59. The van der Waals surface area contributed by atoms with Gasteiger partial charge in [0.25, 0.3) is 0 Å². The number of benzene rings is 3. The molecule has 0 fully saturated rings. The summed E-state index contributed by atoms with van der Waals surface area (Å²) in [4.78, 5) is 11.2. The molecule has 0 saturated carbocycles. The maximum atomic E-state index is 13.5. The van der Waals surface area contributed by atoms with Gasteiger partial charge in [0.1, 0.15) is 5.82 Å². The number of rotatable bonds is 2. The van der Waals surface area contributed by atoms with Gasteiger partial charge in [0, 0.05) is 16.0 Å². The highest BCUT2D eigenvalue weighted by molar-refractivity contribution is 6.36. The van der Waals surface area contributed by atoms with Gasteiger partial charge in [0.05, 0.1) is 0 Å². The third-order valence-corrected chi connectivity index (χ3v) is 3.63. The van der Waals surface area contributed by atoms with Gasteiger partial charge in [-0.15, -0.1) is 0 Å². The van der Waals surface area contributed by atoms with Crippen LogP contribution in [0.4, 0.5) is 4.39 Å². The minimum Gasteiger partial charge on any atom is -0.298 e. The molecule has 3 aromatic rings. The Kier molecular flexibility index (Phi) is 3.25. The third-order valence-electron chi connectivity index (χ3n) is 3.30. The predicted octanol–water partition coefficient (Wildman–Crippen LogP) is 5.11. The van der Waals surface area contributed by atoms with E-state index in [0.29, 0.717) is 16.1 Å². The second-order valence-electron chi connectivity index (χ2n) is 4.49. The van der Waals surface area contributed by atoms with Crippen LogP contribution >= 0.6 is 11.6 Å². The SMILES string of the molecule is O=Cc1ccc(F)cc1-c1ccc(Cl)c2ccccc12. The molecule has 1 nitrogen and oxygen atoms in total. The van der Waals surface area contributed by atoms with Gasteiger partial charge in [-0.3, -0.25) is 4.79 Å². The van der Waals surface area contributed by atoms with E-state index in [1.54, 1.807) is 6.07 Å². The molecule has 3 aromatic carbocycles. The standard InChI is InChI=1S/C17H10ClFO/c18-17-8-7-14(13-3-1-2-4-15(13)17)16-9-12(19)6-5-11(16)10-20/h1-10H. The fourth-order valence-electron chi connectivity index (χ4n) is 2.36. The highest BCUT2D eigenvalue weighted by Crippen LogP contribution is 2.34. The molecule has 0 aliphatic rings. The molecule has 0 atom stereocenters. The van der Waals surface area contributed by atoms with Crippen LogP contribution in [0.5, 0.6) is 0 Å². The number of hydrogen-bond acceptors (Lipinski definition) is 1. The van der Waals surface area contributed by atoms with Crippen molar-refractivity contribution < 1.29 is 9.18 Å². The van der Waals surface area contributed by atoms with Crippen molar-refractivity contribution >= 4 is 28.7 Å². The lowest BCUT2D eigenvalue weighted by Gasteiger charge is -2.10. The molecule has 0 N–H and O–H groups in total. The van der Waals surface area contributed by atoms with Gasteiger partial charge in [0.15, 0.2) is 6.29 Å². The molecular formula is C17H10ClFO. The van der Waals surface area contributed by atoms with Crippen LogP contribution in [0, 0.1) is 5.82 Å².